The number of hydrogen-bond donors (Lipinski definition) is 0. The molecule has 0 bridgehead atoms. The number of halogens is 1. The topological polar surface area (TPSA) is 42.4 Å². The predicted molar refractivity (Wildman–Crippen MR) is 85.0 cm³/mol. The Labute approximate surface area is 134 Å². The van der Waals surface area contributed by atoms with Gasteiger partial charge in [0.05, 0.1) is 6.54 Å². The molecule has 2 heterocycles. The smallest absolute Gasteiger partial charge is 0.254 e. The summed E-state index contributed by atoms with van der Waals surface area (Å²) in [4.78, 5) is 18.5. The molecule has 4 nitrogen and oxygen atoms in total. The number of ether oxygens (including phenoxy) is 1. The van der Waals surface area contributed by atoms with Crippen LogP contribution in [0.1, 0.15) is 29.3 Å². The molecule has 1 fully saturated rings. The molecule has 0 N–H and O–H groups in total. The fourth-order valence-electron chi connectivity index (χ4n) is 2.80. The number of aryl methyl sites for hydroxylation is 1. The lowest BCUT2D eigenvalue weighted by Gasteiger charge is -2.18. The van der Waals surface area contributed by atoms with Gasteiger partial charge in [-0.3, -0.25) is 9.78 Å². The zero-order valence-corrected chi connectivity index (χ0v) is 13.0. The number of nitrogens with zero attached hydrogens (tertiary/aromatic N) is 2. The van der Waals surface area contributed by atoms with E-state index in [-0.39, 0.29) is 17.8 Å². The zero-order chi connectivity index (χ0) is 16.2. The lowest BCUT2D eigenvalue weighted by molar-refractivity contribution is 0.0771. The summed E-state index contributed by atoms with van der Waals surface area (Å²) in [5.41, 5.74) is 1.67. The first-order chi connectivity index (χ1) is 11.2. The normalized spacial score (nSPS) is 17.3. The highest BCUT2D eigenvalue weighted by Gasteiger charge is 2.29. The molecule has 120 valence electrons. The van der Waals surface area contributed by atoms with Crippen LogP contribution in [0.4, 0.5) is 4.39 Å². The van der Waals surface area contributed by atoms with Crippen LogP contribution in [0.25, 0.3) is 0 Å². The maximum Gasteiger partial charge on any atom is 0.254 e. The number of amides is 1. The molecule has 1 aliphatic rings. The van der Waals surface area contributed by atoms with E-state index < -0.39 is 0 Å². The summed E-state index contributed by atoms with van der Waals surface area (Å²) in [5.74, 6) is 0.365. The number of rotatable bonds is 4. The van der Waals surface area contributed by atoms with Gasteiger partial charge in [-0.1, -0.05) is 6.92 Å². The minimum absolute atomic E-state index is 0.0226. The third-order valence-electron chi connectivity index (χ3n) is 4.06. The highest BCUT2D eigenvalue weighted by atomic mass is 19.1. The van der Waals surface area contributed by atoms with E-state index in [9.17, 15) is 9.18 Å². The lowest BCUT2D eigenvalue weighted by atomic mass is 10.1. The summed E-state index contributed by atoms with van der Waals surface area (Å²) in [7, 11) is 0. The van der Waals surface area contributed by atoms with Crippen LogP contribution < -0.4 is 4.74 Å². The monoisotopic (exact) mass is 314 g/mol. The van der Waals surface area contributed by atoms with E-state index in [1.54, 1.807) is 30.6 Å². The van der Waals surface area contributed by atoms with Crippen LogP contribution in [0.2, 0.25) is 0 Å². The molecule has 1 unspecified atom stereocenters. The van der Waals surface area contributed by atoms with Crippen molar-refractivity contribution in [2.75, 3.05) is 13.1 Å². The standard InChI is InChI=1S/C18H19FN2O2/c1-2-13-11-20-9-7-17(13)18(22)21-10-8-16(12-21)23-15-5-3-14(19)4-6-15/h3-7,9,11,16H,2,8,10,12H2,1H3. The highest BCUT2D eigenvalue weighted by Crippen LogP contribution is 2.21. The third-order valence-corrected chi connectivity index (χ3v) is 4.06. The molecule has 1 aromatic carbocycles. The van der Waals surface area contributed by atoms with Gasteiger partial charge in [-0.2, -0.15) is 0 Å². The Morgan fingerprint density at radius 1 is 1.35 bits per heavy atom. The van der Waals surface area contributed by atoms with Gasteiger partial charge in [-0.25, -0.2) is 4.39 Å². The van der Waals surface area contributed by atoms with Gasteiger partial charge in [-0.15, -0.1) is 0 Å². The fraction of sp³-hybridized carbons (Fsp3) is 0.333. The number of benzene rings is 1. The highest BCUT2D eigenvalue weighted by molar-refractivity contribution is 5.95. The third kappa shape index (κ3) is 3.50. The maximum atomic E-state index is 12.9. The van der Waals surface area contributed by atoms with Gasteiger partial charge >= 0.3 is 0 Å². The molecule has 1 aromatic heterocycles. The molecule has 23 heavy (non-hydrogen) atoms. The molecule has 0 spiro atoms. The van der Waals surface area contributed by atoms with Crippen molar-refractivity contribution in [2.45, 2.75) is 25.9 Å². The SMILES string of the molecule is CCc1cnccc1C(=O)N1CCC(Oc2ccc(F)cc2)C1. The molecular weight excluding hydrogens is 295 g/mol. The Kier molecular flexibility index (Phi) is 4.55. The molecule has 1 aliphatic heterocycles. The summed E-state index contributed by atoms with van der Waals surface area (Å²) in [6.45, 7) is 3.22. The number of pyridine rings is 1. The first-order valence-corrected chi connectivity index (χ1v) is 7.81. The molecule has 5 heteroatoms. The number of carbonyl (C=O) groups is 1. The van der Waals surface area contributed by atoms with E-state index in [2.05, 4.69) is 4.98 Å². The van der Waals surface area contributed by atoms with Crippen molar-refractivity contribution in [3.63, 3.8) is 0 Å². The van der Waals surface area contributed by atoms with Gasteiger partial charge < -0.3 is 9.64 Å². The van der Waals surface area contributed by atoms with Crippen LogP contribution in [0, 0.1) is 5.82 Å². The van der Waals surface area contributed by atoms with Crippen molar-refractivity contribution in [3.05, 3.63) is 59.7 Å². The first kappa shape index (κ1) is 15.5. The Bertz CT molecular complexity index is 688. The molecule has 1 saturated heterocycles. The summed E-state index contributed by atoms with van der Waals surface area (Å²) in [6.07, 6.45) is 4.88. The lowest BCUT2D eigenvalue weighted by Crippen LogP contribution is -2.31. The van der Waals surface area contributed by atoms with Crippen LogP contribution in [-0.2, 0) is 6.42 Å². The number of carbonyl (C=O) groups excluding carboxylic acids is 1. The fourth-order valence-corrected chi connectivity index (χ4v) is 2.80. The summed E-state index contributed by atoms with van der Waals surface area (Å²) in [6, 6.07) is 7.74. The number of hydrogen-bond acceptors (Lipinski definition) is 3. The van der Waals surface area contributed by atoms with Gasteiger partial charge in [0.15, 0.2) is 0 Å². The van der Waals surface area contributed by atoms with Crippen LogP contribution in [0.5, 0.6) is 5.75 Å². The van der Waals surface area contributed by atoms with Gasteiger partial charge in [0.1, 0.15) is 17.7 Å². The second-order valence-electron chi connectivity index (χ2n) is 5.62. The summed E-state index contributed by atoms with van der Waals surface area (Å²) in [5, 5.41) is 0. The second kappa shape index (κ2) is 6.77. The average Bonchev–Trinajstić information content (AvgIpc) is 3.05. The number of aromatic nitrogens is 1. The molecular formula is C18H19FN2O2. The van der Waals surface area contributed by atoms with Gasteiger partial charge in [0.25, 0.3) is 5.91 Å². The van der Waals surface area contributed by atoms with E-state index in [0.717, 1.165) is 18.4 Å². The van der Waals surface area contributed by atoms with E-state index >= 15 is 0 Å². The Hall–Kier alpha value is -2.43. The average molecular weight is 314 g/mol. The molecule has 0 radical (unpaired) electrons. The zero-order valence-electron chi connectivity index (χ0n) is 13.0. The molecule has 2 aromatic rings. The van der Waals surface area contributed by atoms with Gasteiger partial charge in [0.2, 0.25) is 0 Å². The van der Waals surface area contributed by atoms with Crippen LogP contribution >= 0.6 is 0 Å². The van der Waals surface area contributed by atoms with E-state index in [1.807, 2.05) is 11.8 Å². The van der Waals surface area contributed by atoms with Crippen LogP contribution in [0.3, 0.4) is 0 Å². The maximum absolute atomic E-state index is 12.9. The van der Waals surface area contributed by atoms with E-state index in [1.165, 1.54) is 12.1 Å². The Morgan fingerprint density at radius 3 is 2.87 bits per heavy atom. The minimum Gasteiger partial charge on any atom is -0.489 e. The summed E-state index contributed by atoms with van der Waals surface area (Å²) < 4.78 is 18.7. The van der Waals surface area contributed by atoms with Crippen LogP contribution in [0.15, 0.2) is 42.7 Å². The van der Waals surface area contributed by atoms with Crippen molar-refractivity contribution in [2.24, 2.45) is 0 Å². The van der Waals surface area contributed by atoms with E-state index in [0.29, 0.717) is 24.4 Å². The second-order valence-corrected chi connectivity index (χ2v) is 5.62. The van der Waals surface area contributed by atoms with Crippen LogP contribution in [-0.4, -0.2) is 35.0 Å². The predicted octanol–water partition coefficient (Wildman–Crippen LogP) is 3.08. The molecule has 0 aliphatic carbocycles. The molecule has 1 atom stereocenters. The van der Waals surface area contributed by atoms with Gasteiger partial charge in [0, 0.05) is 30.9 Å². The van der Waals surface area contributed by atoms with Crippen molar-refractivity contribution in [1.82, 2.24) is 9.88 Å². The van der Waals surface area contributed by atoms with Crippen molar-refractivity contribution in [3.8, 4) is 5.75 Å². The molecule has 0 saturated carbocycles. The minimum atomic E-state index is -0.287. The number of likely N-dealkylation sites (tertiary alicyclic amines) is 1. The Morgan fingerprint density at radius 2 is 2.13 bits per heavy atom. The van der Waals surface area contributed by atoms with Crippen molar-refractivity contribution < 1.29 is 13.9 Å². The van der Waals surface area contributed by atoms with Gasteiger partial charge in [-0.05, 0) is 42.3 Å². The quantitative estimate of drug-likeness (QED) is 0.871. The molecule has 3 rings (SSSR count). The Balaban J connectivity index is 1.65. The first-order valence-electron chi connectivity index (χ1n) is 7.81. The van der Waals surface area contributed by atoms with E-state index in [4.69, 9.17) is 4.74 Å². The van der Waals surface area contributed by atoms with Crippen molar-refractivity contribution in [1.29, 1.82) is 0 Å². The van der Waals surface area contributed by atoms with Crippen molar-refractivity contribution >= 4 is 5.91 Å². The largest absolute Gasteiger partial charge is 0.489 e. The molecule has 1 amide bonds. The summed E-state index contributed by atoms with van der Waals surface area (Å²) >= 11 is 0.